The maximum atomic E-state index is 4.21. The molecule has 2 atom stereocenters. The molecule has 2 rings (SSSR count). The SMILES string of the molecule is Cc1cnc(NC2CCC2C)nc1. The highest BCUT2D eigenvalue weighted by Crippen LogP contribution is 2.28. The van der Waals surface area contributed by atoms with Gasteiger partial charge in [0.25, 0.3) is 0 Å². The van der Waals surface area contributed by atoms with Gasteiger partial charge in [-0.15, -0.1) is 0 Å². The molecule has 0 radical (unpaired) electrons. The minimum absolute atomic E-state index is 0.586. The van der Waals surface area contributed by atoms with Gasteiger partial charge in [0.05, 0.1) is 0 Å². The van der Waals surface area contributed by atoms with Crippen molar-refractivity contribution in [3.05, 3.63) is 18.0 Å². The first-order valence-corrected chi connectivity index (χ1v) is 4.81. The van der Waals surface area contributed by atoms with Crippen molar-refractivity contribution in [1.82, 2.24) is 9.97 Å². The van der Waals surface area contributed by atoms with Gasteiger partial charge in [-0.1, -0.05) is 6.92 Å². The molecule has 2 unspecified atom stereocenters. The van der Waals surface area contributed by atoms with Gasteiger partial charge in [0.1, 0.15) is 0 Å². The van der Waals surface area contributed by atoms with E-state index < -0.39 is 0 Å². The number of nitrogens with one attached hydrogen (secondary N) is 1. The molecule has 0 bridgehead atoms. The molecular formula is C10H15N3. The molecule has 0 spiro atoms. The number of aromatic nitrogens is 2. The lowest BCUT2D eigenvalue weighted by Crippen LogP contribution is -2.36. The van der Waals surface area contributed by atoms with Gasteiger partial charge in [-0.25, -0.2) is 9.97 Å². The summed E-state index contributed by atoms with van der Waals surface area (Å²) in [5, 5.41) is 3.33. The van der Waals surface area contributed by atoms with Gasteiger partial charge in [0.15, 0.2) is 0 Å². The fourth-order valence-corrected chi connectivity index (χ4v) is 1.51. The van der Waals surface area contributed by atoms with Gasteiger partial charge in [0.2, 0.25) is 5.95 Å². The first kappa shape index (κ1) is 8.48. The molecule has 3 heteroatoms. The Balaban J connectivity index is 1.98. The summed E-state index contributed by atoms with van der Waals surface area (Å²) in [7, 11) is 0. The third kappa shape index (κ3) is 1.79. The van der Waals surface area contributed by atoms with Crippen LogP contribution in [0.3, 0.4) is 0 Å². The zero-order valence-corrected chi connectivity index (χ0v) is 8.12. The topological polar surface area (TPSA) is 37.8 Å². The van der Waals surface area contributed by atoms with E-state index in [0.29, 0.717) is 6.04 Å². The molecule has 0 aromatic carbocycles. The normalized spacial score (nSPS) is 26.6. The minimum atomic E-state index is 0.586. The van der Waals surface area contributed by atoms with Crippen molar-refractivity contribution >= 4 is 5.95 Å². The van der Waals surface area contributed by atoms with Crippen LogP contribution in [0.2, 0.25) is 0 Å². The molecule has 1 N–H and O–H groups in total. The second kappa shape index (κ2) is 3.32. The monoisotopic (exact) mass is 177 g/mol. The summed E-state index contributed by atoms with van der Waals surface area (Å²) in [6.07, 6.45) is 6.26. The van der Waals surface area contributed by atoms with E-state index in [2.05, 4.69) is 22.2 Å². The first-order chi connectivity index (χ1) is 6.25. The van der Waals surface area contributed by atoms with Gasteiger partial charge >= 0.3 is 0 Å². The van der Waals surface area contributed by atoms with E-state index >= 15 is 0 Å². The second-order valence-corrected chi connectivity index (χ2v) is 3.89. The number of rotatable bonds is 2. The molecule has 0 saturated heterocycles. The smallest absolute Gasteiger partial charge is 0.222 e. The molecule has 1 saturated carbocycles. The van der Waals surface area contributed by atoms with E-state index in [1.807, 2.05) is 19.3 Å². The summed E-state index contributed by atoms with van der Waals surface area (Å²) in [4.78, 5) is 8.42. The fraction of sp³-hybridized carbons (Fsp3) is 0.600. The Hall–Kier alpha value is -1.12. The van der Waals surface area contributed by atoms with Gasteiger partial charge in [-0.2, -0.15) is 0 Å². The van der Waals surface area contributed by atoms with Crippen LogP contribution in [0.4, 0.5) is 5.95 Å². The second-order valence-electron chi connectivity index (χ2n) is 3.89. The zero-order chi connectivity index (χ0) is 9.26. The van der Waals surface area contributed by atoms with E-state index in [-0.39, 0.29) is 0 Å². The van der Waals surface area contributed by atoms with Crippen molar-refractivity contribution in [2.45, 2.75) is 32.7 Å². The molecule has 1 fully saturated rings. The van der Waals surface area contributed by atoms with Crippen LogP contribution in [0.25, 0.3) is 0 Å². The Morgan fingerprint density at radius 2 is 2.00 bits per heavy atom. The van der Waals surface area contributed by atoms with E-state index in [1.54, 1.807) is 0 Å². The molecular weight excluding hydrogens is 162 g/mol. The summed E-state index contributed by atoms with van der Waals surface area (Å²) < 4.78 is 0. The largest absolute Gasteiger partial charge is 0.351 e. The van der Waals surface area contributed by atoms with Crippen LogP contribution in [-0.2, 0) is 0 Å². The summed E-state index contributed by atoms with van der Waals surface area (Å²) >= 11 is 0. The van der Waals surface area contributed by atoms with E-state index in [4.69, 9.17) is 0 Å². The maximum absolute atomic E-state index is 4.21. The van der Waals surface area contributed by atoms with Crippen LogP contribution in [0.15, 0.2) is 12.4 Å². The zero-order valence-electron chi connectivity index (χ0n) is 8.12. The number of aryl methyl sites for hydroxylation is 1. The molecule has 1 aromatic heterocycles. The molecule has 0 aliphatic heterocycles. The van der Waals surface area contributed by atoms with Crippen LogP contribution >= 0.6 is 0 Å². The van der Waals surface area contributed by atoms with Gasteiger partial charge < -0.3 is 5.32 Å². The van der Waals surface area contributed by atoms with E-state index in [1.165, 1.54) is 12.8 Å². The predicted octanol–water partition coefficient (Wildman–Crippen LogP) is 2.00. The molecule has 0 amide bonds. The van der Waals surface area contributed by atoms with Crippen molar-refractivity contribution in [2.24, 2.45) is 5.92 Å². The van der Waals surface area contributed by atoms with Crippen LogP contribution in [0, 0.1) is 12.8 Å². The Morgan fingerprint density at radius 1 is 1.31 bits per heavy atom. The average Bonchev–Trinajstić information content (AvgIpc) is 2.15. The van der Waals surface area contributed by atoms with Crippen LogP contribution in [0.1, 0.15) is 25.3 Å². The standard InChI is InChI=1S/C10H15N3/c1-7-5-11-10(12-6-7)13-9-4-3-8(9)2/h5-6,8-9H,3-4H2,1-2H3,(H,11,12,13). The fourth-order valence-electron chi connectivity index (χ4n) is 1.51. The maximum Gasteiger partial charge on any atom is 0.222 e. The lowest BCUT2D eigenvalue weighted by Gasteiger charge is -2.34. The molecule has 13 heavy (non-hydrogen) atoms. The van der Waals surface area contributed by atoms with Gasteiger partial charge in [-0.05, 0) is 31.2 Å². The van der Waals surface area contributed by atoms with E-state index in [9.17, 15) is 0 Å². The lowest BCUT2D eigenvalue weighted by atomic mass is 9.81. The third-order valence-corrected chi connectivity index (χ3v) is 2.72. The van der Waals surface area contributed by atoms with Crippen molar-refractivity contribution in [3.8, 4) is 0 Å². The van der Waals surface area contributed by atoms with Crippen molar-refractivity contribution in [2.75, 3.05) is 5.32 Å². The number of nitrogens with zero attached hydrogens (tertiary/aromatic N) is 2. The van der Waals surface area contributed by atoms with Crippen molar-refractivity contribution in [3.63, 3.8) is 0 Å². The Morgan fingerprint density at radius 3 is 2.46 bits per heavy atom. The first-order valence-electron chi connectivity index (χ1n) is 4.81. The summed E-state index contributed by atoms with van der Waals surface area (Å²) in [6.45, 7) is 4.26. The third-order valence-electron chi connectivity index (χ3n) is 2.72. The van der Waals surface area contributed by atoms with Crippen molar-refractivity contribution < 1.29 is 0 Å². The number of hydrogen-bond acceptors (Lipinski definition) is 3. The van der Waals surface area contributed by atoms with Gasteiger partial charge in [0, 0.05) is 18.4 Å². The van der Waals surface area contributed by atoms with Crippen molar-refractivity contribution in [1.29, 1.82) is 0 Å². The quantitative estimate of drug-likeness (QED) is 0.750. The highest BCUT2D eigenvalue weighted by Gasteiger charge is 2.26. The molecule has 1 aromatic rings. The molecule has 3 nitrogen and oxygen atoms in total. The molecule has 70 valence electrons. The minimum Gasteiger partial charge on any atom is -0.351 e. The number of hydrogen-bond donors (Lipinski definition) is 1. The summed E-state index contributed by atoms with van der Waals surface area (Å²) in [6, 6.07) is 0.586. The molecule has 1 aliphatic carbocycles. The molecule has 1 heterocycles. The highest BCUT2D eigenvalue weighted by atomic mass is 15.1. The Kier molecular flexibility index (Phi) is 2.17. The Labute approximate surface area is 78.6 Å². The van der Waals surface area contributed by atoms with Gasteiger partial charge in [-0.3, -0.25) is 0 Å². The van der Waals surface area contributed by atoms with Crippen LogP contribution < -0.4 is 5.32 Å². The summed E-state index contributed by atoms with van der Waals surface area (Å²) in [5.74, 6) is 1.53. The highest BCUT2D eigenvalue weighted by molar-refractivity contribution is 5.27. The predicted molar refractivity (Wildman–Crippen MR) is 52.6 cm³/mol. The molecule has 1 aliphatic rings. The lowest BCUT2D eigenvalue weighted by molar-refractivity contribution is 0.302. The van der Waals surface area contributed by atoms with Crippen LogP contribution in [0.5, 0.6) is 0 Å². The van der Waals surface area contributed by atoms with Crippen LogP contribution in [-0.4, -0.2) is 16.0 Å². The average molecular weight is 177 g/mol. The van der Waals surface area contributed by atoms with E-state index in [0.717, 1.165) is 17.4 Å². The number of anilines is 1. The Bertz CT molecular complexity index is 281. The summed E-state index contributed by atoms with van der Waals surface area (Å²) in [5.41, 5.74) is 1.10.